The summed E-state index contributed by atoms with van der Waals surface area (Å²) in [5.41, 5.74) is -0.149. The molecule has 1 atom stereocenters. The number of ether oxygens (including phenoxy) is 1. The third kappa shape index (κ3) is 6.40. The second-order valence-corrected chi connectivity index (χ2v) is 9.52. The van der Waals surface area contributed by atoms with Crippen molar-refractivity contribution in [2.75, 3.05) is 24.7 Å². The fourth-order valence-electron chi connectivity index (χ4n) is 2.87. The molecule has 28 heavy (non-hydrogen) atoms. The highest BCUT2D eigenvalue weighted by Gasteiger charge is 2.34. The first kappa shape index (κ1) is 22.5. The number of rotatable bonds is 9. The van der Waals surface area contributed by atoms with Crippen LogP contribution in [0.2, 0.25) is 0 Å². The highest BCUT2D eigenvalue weighted by atomic mass is 32.2. The lowest BCUT2D eigenvalue weighted by molar-refractivity contribution is -0.136. The van der Waals surface area contributed by atoms with Crippen LogP contribution in [-0.4, -0.2) is 66.6 Å². The van der Waals surface area contributed by atoms with E-state index in [1.54, 1.807) is 0 Å². The molecule has 0 aromatic carbocycles. The van der Waals surface area contributed by atoms with Crippen LogP contribution >= 0.6 is 11.8 Å². The molecule has 1 aromatic rings. The average molecular weight is 437 g/mol. The van der Waals surface area contributed by atoms with Gasteiger partial charge in [-0.1, -0.05) is 13.3 Å². The van der Waals surface area contributed by atoms with Crippen LogP contribution in [-0.2, 0) is 19.4 Å². The van der Waals surface area contributed by atoms with E-state index in [-0.39, 0.29) is 33.9 Å². The normalized spacial score (nSPS) is 18.2. The lowest BCUT2D eigenvalue weighted by Gasteiger charge is -2.28. The van der Waals surface area contributed by atoms with Crippen molar-refractivity contribution in [2.45, 2.75) is 43.0 Å². The molecular formula is C17H22F2N2O5S2. The second-order valence-electron chi connectivity index (χ2n) is 6.31. The number of hydrogen-bond donors (Lipinski definition) is 0. The number of alkyl halides is 2. The zero-order valence-electron chi connectivity index (χ0n) is 15.3. The number of carbonyl (C=O) groups is 2. The van der Waals surface area contributed by atoms with Crippen LogP contribution in [0.15, 0.2) is 23.4 Å². The van der Waals surface area contributed by atoms with Crippen molar-refractivity contribution in [1.82, 2.24) is 9.88 Å². The van der Waals surface area contributed by atoms with Gasteiger partial charge in [-0.05, 0) is 36.7 Å². The first-order valence-electron chi connectivity index (χ1n) is 8.80. The van der Waals surface area contributed by atoms with Gasteiger partial charge in [0.05, 0.1) is 17.1 Å². The monoisotopic (exact) mass is 436 g/mol. The number of nitrogens with zero attached hydrogens (tertiary/aromatic N) is 2. The van der Waals surface area contributed by atoms with Crippen LogP contribution in [0.25, 0.3) is 0 Å². The molecule has 1 fully saturated rings. The second kappa shape index (κ2) is 10.1. The number of sulfone groups is 1. The van der Waals surface area contributed by atoms with Crippen molar-refractivity contribution in [3.63, 3.8) is 0 Å². The molecule has 0 bridgehead atoms. The summed E-state index contributed by atoms with van der Waals surface area (Å²) in [5, 5.41) is -0.181. The van der Waals surface area contributed by atoms with Gasteiger partial charge in [0, 0.05) is 18.8 Å². The SMILES string of the molecule is CCCCN(C(=O)COC(=O)c1cccnc1SC(F)F)C1CCS(=O)(=O)C1. The molecule has 1 aromatic heterocycles. The number of pyridine rings is 1. The quantitative estimate of drug-likeness (QED) is 0.433. The van der Waals surface area contributed by atoms with Gasteiger partial charge < -0.3 is 9.64 Å². The Hall–Kier alpha value is -1.75. The van der Waals surface area contributed by atoms with Gasteiger partial charge in [0.25, 0.3) is 11.7 Å². The number of unbranched alkanes of at least 4 members (excludes halogenated alkanes) is 1. The molecule has 1 aliphatic heterocycles. The third-order valence-corrected chi connectivity index (χ3v) is 6.72. The summed E-state index contributed by atoms with van der Waals surface area (Å²) in [6.45, 7) is 1.72. The van der Waals surface area contributed by atoms with E-state index in [0.717, 1.165) is 6.42 Å². The minimum atomic E-state index is -3.17. The molecular weight excluding hydrogens is 414 g/mol. The number of halogens is 2. The van der Waals surface area contributed by atoms with E-state index >= 15 is 0 Å². The Balaban J connectivity index is 2.03. The maximum Gasteiger partial charge on any atom is 0.341 e. The van der Waals surface area contributed by atoms with Crippen molar-refractivity contribution in [2.24, 2.45) is 0 Å². The summed E-state index contributed by atoms with van der Waals surface area (Å²) in [7, 11) is -3.17. The first-order chi connectivity index (χ1) is 13.2. The van der Waals surface area contributed by atoms with Crippen LogP contribution in [0, 0.1) is 0 Å². The molecule has 11 heteroatoms. The van der Waals surface area contributed by atoms with E-state index in [1.807, 2.05) is 6.92 Å². The first-order valence-corrected chi connectivity index (χ1v) is 11.5. The largest absolute Gasteiger partial charge is 0.452 e. The van der Waals surface area contributed by atoms with Gasteiger partial charge in [0.2, 0.25) is 0 Å². The summed E-state index contributed by atoms with van der Waals surface area (Å²) >= 11 is 0.118. The maximum atomic E-state index is 12.6. The Bertz CT molecular complexity index is 804. The Morgan fingerprint density at radius 1 is 1.43 bits per heavy atom. The van der Waals surface area contributed by atoms with Crippen molar-refractivity contribution in [3.05, 3.63) is 23.9 Å². The molecule has 0 spiro atoms. The maximum absolute atomic E-state index is 12.6. The fourth-order valence-corrected chi connectivity index (χ4v) is 5.17. The molecule has 0 radical (unpaired) electrons. The van der Waals surface area contributed by atoms with Gasteiger partial charge >= 0.3 is 5.97 Å². The third-order valence-electron chi connectivity index (χ3n) is 4.24. The van der Waals surface area contributed by atoms with E-state index in [1.165, 1.54) is 23.2 Å². The number of esters is 1. The lowest BCUT2D eigenvalue weighted by Crippen LogP contribution is -2.43. The molecule has 1 unspecified atom stereocenters. The zero-order chi connectivity index (χ0) is 20.7. The van der Waals surface area contributed by atoms with E-state index < -0.39 is 40.1 Å². The fraction of sp³-hybridized carbons (Fsp3) is 0.588. The number of hydrogen-bond acceptors (Lipinski definition) is 7. The van der Waals surface area contributed by atoms with Crippen LogP contribution in [0.4, 0.5) is 8.78 Å². The number of aromatic nitrogens is 1. The predicted molar refractivity (Wildman–Crippen MR) is 100 cm³/mol. The molecule has 0 saturated carbocycles. The van der Waals surface area contributed by atoms with Gasteiger partial charge in [0.1, 0.15) is 5.03 Å². The topological polar surface area (TPSA) is 93.6 Å². The highest BCUT2D eigenvalue weighted by molar-refractivity contribution is 7.99. The van der Waals surface area contributed by atoms with Crippen LogP contribution in [0.1, 0.15) is 36.5 Å². The standard InChI is InChI=1S/C17H22F2N2O5S2/c1-2-3-8-21(12-6-9-28(24,25)11-12)14(22)10-26-16(23)13-5-4-7-20-15(13)27-17(18)19/h4-5,7,12,17H,2-3,6,8-11H2,1H3. The molecule has 0 N–H and O–H groups in total. The van der Waals surface area contributed by atoms with E-state index in [2.05, 4.69) is 4.98 Å². The number of amides is 1. The Kier molecular flexibility index (Phi) is 8.17. The summed E-state index contributed by atoms with van der Waals surface area (Å²) in [6.07, 6.45) is 3.13. The lowest BCUT2D eigenvalue weighted by atomic mass is 10.2. The Morgan fingerprint density at radius 2 is 2.18 bits per heavy atom. The predicted octanol–water partition coefficient (Wildman–Crippen LogP) is 2.37. The van der Waals surface area contributed by atoms with Crippen LogP contribution < -0.4 is 0 Å². The summed E-state index contributed by atoms with van der Waals surface area (Å²) in [4.78, 5) is 30.0. The molecule has 156 valence electrons. The van der Waals surface area contributed by atoms with Crippen LogP contribution in [0.5, 0.6) is 0 Å². The molecule has 0 aliphatic carbocycles. The summed E-state index contributed by atoms with van der Waals surface area (Å²) < 4.78 is 53.7. The van der Waals surface area contributed by atoms with E-state index in [4.69, 9.17) is 4.74 Å². The number of thioether (sulfide) groups is 1. The van der Waals surface area contributed by atoms with Gasteiger partial charge in [-0.2, -0.15) is 8.78 Å². The molecule has 2 heterocycles. The average Bonchev–Trinajstić information content (AvgIpc) is 2.99. The van der Waals surface area contributed by atoms with Gasteiger partial charge in [-0.25, -0.2) is 18.2 Å². The Morgan fingerprint density at radius 3 is 2.79 bits per heavy atom. The van der Waals surface area contributed by atoms with Gasteiger partial charge in [-0.15, -0.1) is 0 Å². The van der Waals surface area contributed by atoms with Crippen molar-refractivity contribution in [3.8, 4) is 0 Å². The molecule has 1 amide bonds. The molecule has 1 aliphatic rings. The van der Waals surface area contributed by atoms with Crippen LogP contribution in [0.3, 0.4) is 0 Å². The molecule has 1 saturated heterocycles. The van der Waals surface area contributed by atoms with Crippen molar-refractivity contribution in [1.29, 1.82) is 0 Å². The minimum Gasteiger partial charge on any atom is -0.452 e. The number of carbonyl (C=O) groups excluding carboxylic acids is 2. The summed E-state index contributed by atoms with van der Waals surface area (Å²) in [6, 6.07) is 2.26. The van der Waals surface area contributed by atoms with Gasteiger partial charge in [0.15, 0.2) is 16.4 Å². The van der Waals surface area contributed by atoms with Crippen molar-refractivity contribution < 1.29 is 31.5 Å². The molecule has 2 rings (SSSR count). The Labute approximate surface area is 166 Å². The minimum absolute atomic E-state index is 0.0251. The van der Waals surface area contributed by atoms with Gasteiger partial charge in [-0.3, -0.25) is 4.79 Å². The van der Waals surface area contributed by atoms with E-state index in [0.29, 0.717) is 19.4 Å². The van der Waals surface area contributed by atoms with Crippen molar-refractivity contribution >= 4 is 33.5 Å². The summed E-state index contributed by atoms with van der Waals surface area (Å²) in [5.74, 6) is -4.27. The van der Waals surface area contributed by atoms with E-state index in [9.17, 15) is 26.8 Å². The smallest absolute Gasteiger partial charge is 0.341 e. The molecule has 7 nitrogen and oxygen atoms in total. The highest BCUT2D eigenvalue weighted by Crippen LogP contribution is 2.26. The zero-order valence-corrected chi connectivity index (χ0v) is 17.0.